The van der Waals surface area contributed by atoms with Crippen molar-refractivity contribution in [3.05, 3.63) is 85.6 Å². The second-order valence-electron chi connectivity index (χ2n) is 7.07. The Kier molecular flexibility index (Phi) is 7.23. The minimum Gasteiger partial charge on any atom is -0.496 e. The Morgan fingerprint density at radius 3 is 2.53 bits per heavy atom. The molecule has 0 amide bonds. The van der Waals surface area contributed by atoms with Gasteiger partial charge in [0.05, 0.1) is 12.7 Å². The van der Waals surface area contributed by atoms with Crippen LogP contribution in [0.15, 0.2) is 46.9 Å². The van der Waals surface area contributed by atoms with Crippen molar-refractivity contribution in [1.29, 1.82) is 0 Å². The summed E-state index contributed by atoms with van der Waals surface area (Å²) in [6, 6.07) is 13.4. The molecule has 0 saturated carbocycles. The molecule has 2 aromatic carbocycles. The molecule has 0 bridgehead atoms. The average molecular weight is 492 g/mol. The molecule has 1 heterocycles. The zero-order chi connectivity index (χ0) is 21.8. The summed E-state index contributed by atoms with van der Waals surface area (Å²) in [5, 5.41) is 13.9. The molecule has 0 radical (unpaired) electrons. The third-order valence-corrected chi connectivity index (χ3v) is 6.13. The highest BCUT2D eigenvalue weighted by Crippen LogP contribution is 2.27. The Bertz CT molecular complexity index is 1080. The van der Waals surface area contributed by atoms with E-state index in [-0.39, 0.29) is 0 Å². The number of nitrogens with one attached hydrogen (secondary N) is 1. The number of ether oxygens (including phenoxy) is 1. The number of rotatable bonds is 8. The summed E-state index contributed by atoms with van der Waals surface area (Å²) in [6.45, 7) is 5.30. The topological polar surface area (TPSA) is 63.5 Å². The number of carbonyl (C=O) groups is 1. The van der Waals surface area contributed by atoms with Gasteiger partial charge < -0.3 is 19.7 Å². The minimum absolute atomic E-state index is 0.341. The molecule has 0 unspecified atom stereocenters. The fourth-order valence-electron chi connectivity index (χ4n) is 3.69. The summed E-state index contributed by atoms with van der Waals surface area (Å²) in [5.74, 6) is -0.140. The highest BCUT2D eigenvalue weighted by molar-refractivity contribution is 9.10. The molecule has 0 spiro atoms. The molecule has 1 aromatic heterocycles. The average Bonchev–Trinajstić information content (AvgIpc) is 2.94. The van der Waals surface area contributed by atoms with Crippen LogP contribution >= 0.6 is 27.5 Å². The zero-order valence-corrected chi connectivity index (χ0v) is 19.5. The van der Waals surface area contributed by atoms with Crippen LogP contribution in [-0.4, -0.2) is 22.8 Å². The van der Waals surface area contributed by atoms with E-state index in [4.69, 9.17) is 16.3 Å². The number of nitrogens with zero attached hydrogens (tertiary/aromatic N) is 1. The molecule has 0 fully saturated rings. The summed E-state index contributed by atoms with van der Waals surface area (Å²) >= 11 is 9.80. The first-order chi connectivity index (χ1) is 14.3. The number of hydrogen-bond acceptors (Lipinski definition) is 3. The number of carboxylic acid groups (broad SMARTS) is 1. The van der Waals surface area contributed by atoms with Crippen molar-refractivity contribution in [1.82, 2.24) is 9.88 Å². The molecule has 0 aliphatic heterocycles. The molecule has 7 heteroatoms. The number of benzene rings is 2. The molecule has 2 N–H and O–H groups in total. The van der Waals surface area contributed by atoms with Gasteiger partial charge in [-0.05, 0) is 43.7 Å². The second-order valence-corrected chi connectivity index (χ2v) is 8.39. The highest BCUT2D eigenvalue weighted by Gasteiger charge is 2.22. The largest absolute Gasteiger partial charge is 0.496 e. The molecule has 3 aromatic rings. The Balaban J connectivity index is 1.87. The fourth-order valence-corrected chi connectivity index (χ4v) is 4.29. The van der Waals surface area contributed by atoms with E-state index in [2.05, 4.69) is 21.2 Å². The van der Waals surface area contributed by atoms with Gasteiger partial charge in [-0.2, -0.15) is 0 Å². The summed E-state index contributed by atoms with van der Waals surface area (Å²) in [7, 11) is 1.64. The minimum atomic E-state index is -0.926. The summed E-state index contributed by atoms with van der Waals surface area (Å²) in [4.78, 5) is 12.0. The van der Waals surface area contributed by atoms with Gasteiger partial charge in [-0.25, -0.2) is 4.79 Å². The maximum absolute atomic E-state index is 12.0. The monoisotopic (exact) mass is 490 g/mol. The van der Waals surface area contributed by atoms with Crippen molar-refractivity contribution in [2.24, 2.45) is 0 Å². The Morgan fingerprint density at radius 1 is 1.13 bits per heavy atom. The lowest BCUT2D eigenvalue weighted by atomic mass is 10.1. The van der Waals surface area contributed by atoms with E-state index in [9.17, 15) is 9.90 Å². The maximum atomic E-state index is 12.0. The van der Waals surface area contributed by atoms with Crippen LogP contribution in [-0.2, 0) is 19.6 Å². The van der Waals surface area contributed by atoms with Gasteiger partial charge in [0.2, 0.25) is 0 Å². The highest BCUT2D eigenvalue weighted by atomic mass is 79.9. The zero-order valence-electron chi connectivity index (χ0n) is 17.1. The molecule has 0 saturated heterocycles. The lowest BCUT2D eigenvalue weighted by Crippen LogP contribution is -2.16. The number of halogens is 2. The van der Waals surface area contributed by atoms with Crippen molar-refractivity contribution < 1.29 is 14.6 Å². The summed E-state index contributed by atoms with van der Waals surface area (Å²) in [5.41, 5.74) is 4.70. The van der Waals surface area contributed by atoms with Crippen LogP contribution in [0.4, 0.5) is 0 Å². The van der Waals surface area contributed by atoms with Crippen molar-refractivity contribution in [3.8, 4) is 5.75 Å². The van der Waals surface area contributed by atoms with Crippen molar-refractivity contribution in [2.45, 2.75) is 33.5 Å². The number of aromatic carboxylic acids is 1. The Morgan fingerprint density at radius 2 is 1.87 bits per heavy atom. The van der Waals surface area contributed by atoms with Gasteiger partial charge in [0.1, 0.15) is 5.75 Å². The van der Waals surface area contributed by atoms with Crippen LogP contribution in [0.5, 0.6) is 5.75 Å². The lowest BCUT2D eigenvalue weighted by Gasteiger charge is -2.12. The van der Waals surface area contributed by atoms with E-state index in [1.165, 1.54) is 0 Å². The van der Waals surface area contributed by atoms with E-state index in [0.717, 1.165) is 38.3 Å². The summed E-state index contributed by atoms with van der Waals surface area (Å²) in [6.07, 6.45) is 0. The van der Waals surface area contributed by atoms with Crippen molar-refractivity contribution in [3.63, 3.8) is 0 Å². The molecule has 3 rings (SSSR count). The van der Waals surface area contributed by atoms with E-state index < -0.39 is 5.97 Å². The molecule has 30 heavy (non-hydrogen) atoms. The molecular formula is C23H24BrClN2O3. The third-order valence-electron chi connectivity index (χ3n) is 5.27. The smallest absolute Gasteiger partial charge is 0.337 e. The molecular weight excluding hydrogens is 468 g/mol. The van der Waals surface area contributed by atoms with Gasteiger partial charge in [-0.15, -0.1) is 0 Å². The van der Waals surface area contributed by atoms with Crippen molar-refractivity contribution >= 4 is 33.5 Å². The van der Waals surface area contributed by atoms with Crippen LogP contribution in [0.3, 0.4) is 0 Å². The van der Waals surface area contributed by atoms with Crippen LogP contribution in [0, 0.1) is 13.8 Å². The van der Waals surface area contributed by atoms with Gasteiger partial charge in [-0.1, -0.05) is 45.7 Å². The quantitative estimate of drug-likeness (QED) is 0.433. The van der Waals surface area contributed by atoms with Gasteiger partial charge in [0, 0.05) is 51.6 Å². The number of methoxy groups -OCH3 is 1. The lowest BCUT2D eigenvalue weighted by molar-refractivity contribution is 0.0694. The SMILES string of the molecule is COc1ccc(Br)cc1CNCc1c(C(=O)O)c(C)n(Cc2ccccc2Cl)c1C. The van der Waals surface area contributed by atoms with E-state index in [1.54, 1.807) is 7.11 Å². The second kappa shape index (κ2) is 9.69. The first kappa shape index (κ1) is 22.4. The molecule has 5 nitrogen and oxygen atoms in total. The van der Waals surface area contributed by atoms with E-state index in [0.29, 0.717) is 30.2 Å². The van der Waals surface area contributed by atoms with Crippen LogP contribution in [0.1, 0.15) is 38.4 Å². The number of hydrogen-bond donors (Lipinski definition) is 2. The van der Waals surface area contributed by atoms with Crippen LogP contribution < -0.4 is 10.1 Å². The first-order valence-electron chi connectivity index (χ1n) is 9.51. The predicted octanol–water partition coefficient (Wildman–Crippen LogP) is 5.57. The van der Waals surface area contributed by atoms with E-state index >= 15 is 0 Å². The van der Waals surface area contributed by atoms with Crippen molar-refractivity contribution in [2.75, 3.05) is 7.11 Å². The molecule has 158 valence electrons. The molecule has 0 aliphatic carbocycles. The van der Waals surface area contributed by atoms with Crippen LogP contribution in [0.25, 0.3) is 0 Å². The Labute approximate surface area is 189 Å². The normalized spacial score (nSPS) is 11.0. The Hall–Kier alpha value is -2.28. The standard InChI is InChI=1S/C23H24BrClN2O3/c1-14-19(12-26-11-17-10-18(24)8-9-21(17)30-3)22(23(28)29)15(2)27(14)13-16-6-4-5-7-20(16)25/h4-10,26H,11-13H2,1-3H3,(H,28,29). The third kappa shape index (κ3) is 4.72. The van der Waals surface area contributed by atoms with Crippen LogP contribution in [0.2, 0.25) is 5.02 Å². The van der Waals surface area contributed by atoms with Gasteiger partial charge in [0.25, 0.3) is 0 Å². The van der Waals surface area contributed by atoms with Gasteiger partial charge >= 0.3 is 5.97 Å². The van der Waals surface area contributed by atoms with Gasteiger partial charge in [0.15, 0.2) is 0 Å². The number of carboxylic acids is 1. The number of aromatic nitrogens is 1. The van der Waals surface area contributed by atoms with Gasteiger partial charge in [-0.3, -0.25) is 0 Å². The maximum Gasteiger partial charge on any atom is 0.337 e. The first-order valence-corrected chi connectivity index (χ1v) is 10.7. The molecule has 0 aliphatic rings. The summed E-state index contributed by atoms with van der Waals surface area (Å²) < 4.78 is 8.40. The molecule has 0 atom stereocenters. The fraction of sp³-hybridized carbons (Fsp3) is 0.261. The predicted molar refractivity (Wildman–Crippen MR) is 123 cm³/mol. The van der Waals surface area contributed by atoms with E-state index in [1.807, 2.05) is 60.9 Å².